The van der Waals surface area contributed by atoms with Gasteiger partial charge in [0.05, 0.1) is 11.4 Å². The van der Waals surface area contributed by atoms with Crippen LogP contribution in [0.5, 0.6) is 0 Å². The lowest BCUT2D eigenvalue weighted by Gasteiger charge is -2.01. The standard InChI is InChI=1S/C9H14N4O2S/c1-16(14,15)8-4-2-7(3-5-8)6-12-9(10)13-11/h2-5H,6,11H2,1H3,(H3,10,12,13). The quantitative estimate of drug-likeness (QED) is 0.283. The van der Waals surface area contributed by atoms with Gasteiger partial charge in [-0.3, -0.25) is 5.43 Å². The number of hydrazine groups is 1. The van der Waals surface area contributed by atoms with Gasteiger partial charge in [0.25, 0.3) is 0 Å². The summed E-state index contributed by atoms with van der Waals surface area (Å²) in [5, 5.41) is 0. The third-order valence-corrected chi connectivity index (χ3v) is 3.06. The van der Waals surface area contributed by atoms with Gasteiger partial charge < -0.3 is 5.73 Å². The summed E-state index contributed by atoms with van der Waals surface area (Å²) in [4.78, 5) is 4.20. The first-order valence-corrected chi connectivity index (χ1v) is 6.38. The highest BCUT2D eigenvalue weighted by molar-refractivity contribution is 7.90. The van der Waals surface area contributed by atoms with Crippen molar-refractivity contribution < 1.29 is 8.42 Å². The van der Waals surface area contributed by atoms with Crippen LogP contribution in [0.15, 0.2) is 34.2 Å². The lowest BCUT2D eigenvalue weighted by atomic mass is 10.2. The summed E-state index contributed by atoms with van der Waals surface area (Å²) in [5.74, 6) is 5.16. The molecule has 0 saturated heterocycles. The van der Waals surface area contributed by atoms with Crippen molar-refractivity contribution in [2.75, 3.05) is 6.26 Å². The maximum Gasteiger partial charge on any atom is 0.203 e. The van der Waals surface area contributed by atoms with Crippen LogP contribution in [0.4, 0.5) is 0 Å². The fourth-order valence-electron chi connectivity index (χ4n) is 1.06. The molecule has 6 nitrogen and oxygen atoms in total. The van der Waals surface area contributed by atoms with E-state index in [0.717, 1.165) is 11.8 Å². The first-order chi connectivity index (χ1) is 7.43. The largest absolute Gasteiger partial charge is 0.369 e. The van der Waals surface area contributed by atoms with E-state index in [1.165, 1.54) is 12.1 Å². The molecule has 1 aromatic rings. The first kappa shape index (κ1) is 12.5. The summed E-state index contributed by atoms with van der Waals surface area (Å²) < 4.78 is 22.4. The second-order valence-electron chi connectivity index (χ2n) is 3.26. The van der Waals surface area contributed by atoms with Crippen LogP contribution in [-0.4, -0.2) is 20.6 Å². The zero-order valence-corrected chi connectivity index (χ0v) is 9.66. The molecule has 0 saturated carbocycles. The van der Waals surface area contributed by atoms with E-state index >= 15 is 0 Å². The molecule has 1 aromatic carbocycles. The second-order valence-corrected chi connectivity index (χ2v) is 5.28. The highest BCUT2D eigenvalue weighted by Crippen LogP contribution is 2.10. The predicted molar refractivity (Wildman–Crippen MR) is 62.2 cm³/mol. The summed E-state index contributed by atoms with van der Waals surface area (Å²) in [6, 6.07) is 6.44. The molecular formula is C9H14N4O2S. The van der Waals surface area contributed by atoms with Crippen molar-refractivity contribution in [2.24, 2.45) is 16.6 Å². The van der Waals surface area contributed by atoms with Crippen LogP contribution >= 0.6 is 0 Å². The van der Waals surface area contributed by atoms with Crippen LogP contribution in [0.2, 0.25) is 0 Å². The van der Waals surface area contributed by atoms with E-state index in [-0.39, 0.29) is 10.9 Å². The van der Waals surface area contributed by atoms with Gasteiger partial charge in [0.15, 0.2) is 9.84 Å². The Hall–Kier alpha value is -1.60. The molecule has 16 heavy (non-hydrogen) atoms. The third kappa shape index (κ3) is 3.52. The second kappa shape index (κ2) is 4.95. The van der Waals surface area contributed by atoms with Crippen molar-refractivity contribution in [1.29, 1.82) is 0 Å². The monoisotopic (exact) mass is 242 g/mol. The van der Waals surface area contributed by atoms with Crippen molar-refractivity contribution in [3.8, 4) is 0 Å². The fourth-order valence-corrected chi connectivity index (χ4v) is 1.69. The SMILES string of the molecule is CS(=O)(=O)c1ccc(CN=C(N)NN)cc1. The Morgan fingerprint density at radius 2 is 1.94 bits per heavy atom. The highest BCUT2D eigenvalue weighted by atomic mass is 32.2. The minimum Gasteiger partial charge on any atom is -0.369 e. The minimum atomic E-state index is -3.15. The van der Waals surface area contributed by atoms with Gasteiger partial charge in [0.2, 0.25) is 5.96 Å². The van der Waals surface area contributed by atoms with Crippen molar-refractivity contribution in [3.63, 3.8) is 0 Å². The number of nitrogens with two attached hydrogens (primary N) is 2. The number of nitrogens with one attached hydrogen (secondary N) is 1. The van der Waals surface area contributed by atoms with E-state index in [4.69, 9.17) is 11.6 Å². The average Bonchev–Trinajstić information content (AvgIpc) is 2.25. The summed E-state index contributed by atoms with van der Waals surface area (Å²) in [6.07, 6.45) is 1.16. The zero-order valence-electron chi connectivity index (χ0n) is 8.84. The summed E-state index contributed by atoms with van der Waals surface area (Å²) in [6.45, 7) is 0.347. The van der Waals surface area contributed by atoms with Gasteiger partial charge in [0.1, 0.15) is 0 Å². The molecule has 0 fully saturated rings. The Morgan fingerprint density at radius 3 is 2.38 bits per heavy atom. The molecule has 1 rings (SSSR count). The molecule has 0 unspecified atom stereocenters. The van der Waals surface area contributed by atoms with Gasteiger partial charge in [-0.15, -0.1) is 0 Å². The van der Waals surface area contributed by atoms with Crippen LogP contribution in [0.25, 0.3) is 0 Å². The van der Waals surface area contributed by atoms with Gasteiger partial charge >= 0.3 is 0 Å². The number of benzene rings is 1. The topological polar surface area (TPSA) is 111 Å². The molecule has 0 aliphatic carbocycles. The van der Waals surface area contributed by atoms with Gasteiger partial charge in [-0.1, -0.05) is 12.1 Å². The number of hydrogen-bond donors (Lipinski definition) is 3. The molecule has 0 aliphatic rings. The number of hydrogen-bond acceptors (Lipinski definition) is 4. The van der Waals surface area contributed by atoms with Crippen LogP contribution in [0.3, 0.4) is 0 Å². The van der Waals surface area contributed by atoms with E-state index in [9.17, 15) is 8.42 Å². The molecule has 0 radical (unpaired) electrons. The van der Waals surface area contributed by atoms with Gasteiger partial charge in [-0.2, -0.15) is 0 Å². The highest BCUT2D eigenvalue weighted by Gasteiger charge is 2.05. The van der Waals surface area contributed by atoms with Crippen LogP contribution < -0.4 is 17.0 Å². The van der Waals surface area contributed by atoms with Crippen molar-refractivity contribution >= 4 is 15.8 Å². The average molecular weight is 242 g/mol. The number of sulfone groups is 1. The Labute approximate surface area is 94.2 Å². The maximum absolute atomic E-state index is 11.2. The van der Waals surface area contributed by atoms with Crippen molar-refractivity contribution in [2.45, 2.75) is 11.4 Å². The zero-order chi connectivity index (χ0) is 12.2. The van der Waals surface area contributed by atoms with Gasteiger partial charge in [-0.05, 0) is 17.7 Å². The molecule has 88 valence electrons. The minimum absolute atomic E-state index is 0.132. The smallest absolute Gasteiger partial charge is 0.203 e. The van der Waals surface area contributed by atoms with Crippen LogP contribution in [0.1, 0.15) is 5.56 Å². The molecule has 0 bridgehead atoms. The van der Waals surface area contributed by atoms with E-state index in [2.05, 4.69) is 10.4 Å². The molecule has 0 aliphatic heterocycles. The molecule has 0 aromatic heterocycles. The van der Waals surface area contributed by atoms with E-state index in [0.29, 0.717) is 6.54 Å². The first-order valence-electron chi connectivity index (χ1n) is 4.49. The number of guanidine groups is 1. The Morgan fingerprint density at radius 1 is 1.38 bits per heavy atom. The van der Waals surface area contributed by atoms with Gasteiger partial charge in [-0.25, -0.2) is 19.3 Å². The number of nitrogens with zero attached hydrogens (tertiary/aromatic N) is 1. The van der Waals surface area contributed by atoms with Gasteiger partial charge in [0, 0.05) is 6.26 Å². The van der Waals surface area contributed by atoms with E-state index < -0.39 is 9.84 Å². The maximum atomic E-state index is 11.2. The molecule has 5 N–H and O–H groups in total. The Kier molecular flexibility index (Phi) is 3.86. The third-order valence-electron chi connectivity index (χ3n) is 1.93. The summed E-state index contributed by atoms with van der Waals surface area (Å²) >= 11 is 0. The molecule has 0 heterocycles. The van der Waals surface area contributed by atoms with E-state index in [1.54, 1.807) is 12.1 Å². The van der Waals surface area contributed by atoms with Crippen molar-refractivity contribution in [1.82, 2.24) is 5.43 Å². The normalized spacial score (nSPS) is 12.5. The number of rotatable bonds is 3. The molecule has 0 amide bonds. The summed E-state index contributed by atoms with van der Waals surface area (Å²) in [5.41, 5.74) is 8.39. The lowest BCUT2D eigenvalue weighted by Crippen LogP contribution is -2.37. The summed E-state index contributed by atoms with van der Waals surface area (Å²) in [7, 11) is -3.15. The molecule has 0 spiro atoms. The van der Waals surface area contributed by atoms with Crippen LogP contribution in [0, 0.1) is 0 Å². The Bertz CT molecular complexity index is 479. The number of aliphatic imine (C=N–C) groups is 1. The van der Waals surface area contributed by atoms with Crippen LogP contribution in [-0.2, 0) is 16.4 Å². The fraction of sp³-hybridized carbons (Fsp3) is 0.222. The van der Waals surface area contributed by atoms with Crippen molar-refractivity contribution in [3.05, 3.63) is 29.8 Å². The van der Waals surface area contributed by atoms with E-state index in [1.807, 2.05) is 0 Å². The molecule has 7 heteroatoms. The Balaban J connectivity index is 2.81. The lowest BCUT2D eigenvalue weighted by molar-refractivity contribution is 0.602. The molecule has 0 atom stereocenters. The predicted octanol–water partition coefficient (Wildman–Crippen LogP) is -0.632. The molecular weight excluding hydrogens is 228 g/mol.